The van der Waals surface area contributed by atoms with Gasteiger partial charge in [-0.15, -0.1) is 5.10 Å². The summed E-state index contributed by atoms with van der Waals surface area (Å²) in [7, 11) is 0. The SMILES string of the molecule is CCCc1nnnn1-c1cc(C(=O)O)cc(-c2ccc(F)cc2Cl)c1. The van der Waals surface area contributed by atoms with E-state index in [1.807, 2.05) is 6.92 Å². The highest BCUT2D eigenvalue weighted by Gasteiger charge is 2.15. The number of benzene rings is 2. The number of halogens is 2. The third-order valence-electron chi connectivity index (χ3n) is 3.66. The van der Waals surface area contributed by atoms with Crippen LogP contribution in [0.2, 0.25) is 5.02 Å². The molecular formula is C17H14ClFN4O2. The Hall–Kier alpha value is -2.80. The Morgan fingerprint density at radius 2 is 2.08 bits per heavy atom. The number of aromatic nitrogens is 4. The van der Waals surface area contributed by atoms with Gasteiger partial charge in [-0.3, -0.25) is 0 Å². The zero-order valence-electron chi connectivity index (χ0n) is 13.3. The Morgan fingerprint density at radius 3 is 2.76 bits per heavy atom. The van der Waals surface area contributed by atoms with Gasteiger partial charge in [0.2, 0.25) is 0 Å². The highest BCUT2D eigenvalue weighted by atomic mass is 35.5. The molecule has 0 aliphatic carbocycles. The Bertz CT molecular complexity index is 942. The number of hydrogen-bond donors (Lipinski definition) is 1. The number of nitrogens with zero attached hydrogens (tertiary/aromatic N) is 4. The number of tetrazole rings is 1. The summed E-state index contributed by atoms with van der Waals surface area (Å²) in [5.41, 5.74) is 1.63. The van der Waals surface area contributed by atoms with E-state index in [-0.39, 0.29) is 10.6 Å². The normalized spacial score (nSPS) is 10.8. The van der Waals surface area contributed by atoms with Crippen molar-refractivity contribution in [3.05, 3.63) is 58.6 Å². The fourth-order valence-corrected chi connectivity index (χ4v) is 2.80. The van der Waals surface area contributed by atoms with E-state index in [0.717, 1.165) is 6.42 Å². The lowest BCUT2D eigenvalue weighted by atomic mass is 10.0. The molecule has 0 unspecified atom stereocenters. The van der Waals surface area contributed by atoms with Crippen LogP contribution in [0, 0.1) is 5.82 Å². The summed E-state index contributed by atoms with van der Waals surface area (Å²) in [6, 6.07) is 8.65. The highest BCUT2D eigenvalue weighted by Crippen LogP contribution is 2.31. The molecule has 3 aromatic rings. The van der Waals surface area contributed by atoms with Crippen molar-refractivity contribution in [3.63, 3.8) is 0 Å². The second-order valence-corrected chi connectivity index (χ2v) is 5.86. The lowest BCUT2D eigenvalue weighted by molar-refractivity contribution is 0.0697. The average molecular weight is 361 g/mol. The minimum Gasteiger partial charge on any atom is -0.478 e. The zero-order chi connectivity index (χ0) is 18.0. The van der Waals surface area contributed by atoms with Crippen LogP contribution >= 0.6 is 11.6 Å². The maximum Gasteiger partial charge on any atom is 0.335 e. The first-order valence-corrected chi connectivity index (χ1v) is 7.99. The molecule has 0 saturated heterocycles. The molecule has 1 heterocycles. The molecule has 2 aromatic carbocycles. The molecule has 0 bridgehead atoms. The zero-order valence-corrected chi connectivity index (χ0v) is 14.0. The molecule has 0 radical (unpaired) electrons. The minimum absolute atomic E-state index is 0.0610. The van der Waals surface area contributed by atoms with Crippen LogP contribution < -0.4 is 0 Å². The molecule has 8 heteroatoms. The quantitative estimate of drug-likeness (QED) is 0.749. The van der Waals surface area contributed by atoms with Crippen molar-refractivity contribution in [1.29, 1.82) is 0 Å². The van der Waals surface area contributed by atoms with E-state index in [1.165, 1.54) is 35.0 Å². The van der Waals surface area contributed by atoms with Crippen LogP contribution in [0.3, 0.4) is 0 Å². The van der Waals surface area contributed by atoms with Crippen LogP contribution in [0.5, 0.6) is 0 Å². The lowest BCUT2D eigenvalue weighted by Gasteiger charge is -2.10. The van der Waals surface area contributed by atoms with Gasteiger partial charge in [0, 0.05) is 12.0 Å². The number of aromatic carboxylic acids is 1. The van der Waals surface area contributed by atoms with Crippen molar-refractivity contribution in [1.82, 2.24) is 20.2 Å². The van der Waals surface area contributed by atoms with Crippen LogP contribution in [-0.2, 0) is 6.42 Å². The number of hydrogen-bond acceptors (Lipinski definition) is 4. The van der Waals surface area contributed by atoms with Gasteiger partial charge in [-0.05, 0) is 58.8 Å². The van der Waals surface area contributed by atoms with E-state index in [0.29, 0.717) is 29.1 Å². The predicted molar refractivity (Wildman–Crippen MR) is 90.5 cm³/mol. The molecule has 0 fully saturated rings. The standard InChI is InChI=1S/C17H14ClFN4O2/c1-2-3-16-20-21-22-23(16)13-7-10(6-11(8-13)17(24)25)14-5-4-12(19)9-15(14)18/h4-9H,2-3H2,1H3,(H,24,25). The number of rotatable bonds is 5. The smallest absolute Gasteiger partial charge is 0.335 e. The van der Waals surface area contributed by atoms with E-state index in [9.17, 15) is 14.3 Å². The Labute approximate surface area is 147 Å². The largest absolute Gasteiger partial charge is 0.478 e. The van der Waals surface area contributed by atoms with Crippen molar-refractivity contribution in [2.45, 2.75) is 19.8 Å². The van der Waals surface area contributed by atoms with Gasteiger partial charge >= 0.3 is 5.97 Å². The molecule has 0 aliphatic heterocycles. The topological polar surface area (TPSA) is 80.9 Å². The van der Waals surface area contributed by atoms with E-state index in [1.54, 1.807) is 6.07 Å². The molecule has 25 heavy (non-hydrogen) atoms. The molecule has 3 rings (SSSR count). The van der Waals surface area contributed by atoms with Gasteiger partial charge in [-0.25, -0.2) is 9.18 Å². The summed E-state index contributed by atoms with van der Waals surface area (Å²) >= 11 is 6.12. The maximum atomic E-state index is 13.3. The maximum absolute atomic E-state index is 13.3. The number of aryl methyl sites for hydroxylation is 1. The van der Waals surface area contributed by atoms with E-state index in [4.69, 9.17) is 11.6 Å². The van der Waals surface area contributed by atoms with Gasteiger partial charge in [0.1, 0.15) is 5.82 Å². The lowest BCUT2D eigenvalue weighted by Crippen LogP contribution is -2.06. The molecule has 0 aliphatic rings. The number of carbonyl (C=O) groups is 1. The summed E-state index contributed by atoms with van der Waals surface area (Å²) in [5.74, 6) is -0.929. The average Bonchev–Trinajstić information content (AvgIpc) is 3.03. The van der Waals surface area contributed by atoms with Gasteiger partial charge in [0.15, 0.2) is 5.82 Å². The van der Waals surface area contributed by atoms with Gasteiger partial charge in [0.05, 0.1) is 16.3 Å². The molecular weight excluding hydrogens is 347 g/mol. The van der Waals surface area contributed by atoms with E-state index >= 15 is 0 Å². The molecule has 0 spiro atoms. The van der Waals surface area contributed by atoms with Crippen LogP contribution in [0.1, 0.15) is 29.5 Å². The molecule has 1 N–H and O–H groups in total. The fraction of sp³-hybridized carbons (Fsp3) is 0.176. The van der Waals surface area contributed by atoms with Crippen molar-refractivity contribution in [2.75, 3.05) is 0 Å². The number of carboxylic acids is 1. The summed E-state index contributed by atoms with van der Waals surface area (Å²) < 4.78 is 14.8. The second-order valence-electron chi connectivity index (χ2n) is 5.45. The van der Waals surface area contributed by atoms with Gasteiger partial charge in [-0.1, -0.05) is 18.5 Å². The fourth-order valence-electron chi connectivity index (χ4n) is 2.52. The first-order valence-electron chi connectivity index (χ1n) is 7.61. The third-order valence-corrected chi connectivity index (χ3v) is 3.97. The highest BCUT2D eigenvalue weighted by molar-refractivity contribution is 6.33. The van der Waals surface area contributed by atoms with Crippen molar-refractivity contribution < 1.29 is 14.3 Å². The van der Waals surface area contributed by atoms with Crippen LogP contribution in [-0.4, -0.2) is 31.3 Å². The van der Waals surface area contributed by atoms with Crippen LogP contribution in [0.25, 0.3) is 16.8 Å². The summed E-state index contributed by atoms with van der Waals surface area (Å²) in [5, 5.41) is 21.2. The monoisotopic (exact) mass is 360 g/mol. The Kier molecular flexibility index (Phi) is 4.76. The van der Waals surface area contributed by atoms with Gasteiger partial charge in [-0.2, -0.15) is 4.68 Å². The summed E-state index contributed by atoms with van der Waals surface area (Å²) in [6.07, 6.45) is 1.49. The second kappa shape index (κ2) is 6.98. The minimum atomic E-state index is -1.09. The summed E-state index contributed by atoms with van der Waals surface area (Å²) in [6.45, 7) is 2.00. The Morgan fingerprint density at radius 1 is 1.28 bits per heavy atom. The third kappa shape index (κ3) is 3.51. The molecule has 0 saturated carbocycles. The van der Waals surface area contributed by atoms with Crippen molar-refractivity contribution in [3.8, 4) is 16.8 Å². The first kappa shape index (κ1) is 17.0. The predicted octanol–water partition coefficient (Wildman–Crippen LogP) is 3.77. The number of carboxylic acid groups (broad SMARTS) is 1. The van der Waals surface area contributed by atoms with Crippen molar-refractivity contribution in [2.24, 2.45) is 0 Å². The molecule has 0 atom stereocenters. The molecule has 128 valence electrons. The molecule has 0 amide bonds. The van der Waals surface area contributed by atoms with Gasteiger partial charge in [0.25, 0.3) is 0 Å². The van der Waals surface area contributed by atoms with Crippen LogP contribution in [0.15, 0.2) is 36.4 Å². The Balaban J connectivity index is 2.18. The first-order chi connectivity index (χ1) is 12.0. The molecule has 6 nitrogen and oxygen atoms in total. The van der Waals surface area contributed by atoms with E-state index in [2.05, 4.69) is 15.5 Å². The molecule has 1 aromatic heterocycles. The van der Waals surface area contributed by atoms with Crippen LogP contribution in [0.4, 0.5) is 4.39 Å². The van der Waals surface area contributed by atoms with Gasteiger partial charge < -0.3 is 5.11 Å². The van der Waals surface area contributed by atoms with Crippen molar-refractivity contribution >= 4 is 17.6 Å². The van der Waals surface area contributed by atoms with E-state index < -0.39 is 11.8 Å². The summed E-state index contributed by atoms with van der Waals surface area (Å²) in [4.78, 5) is 11.5.